The zero-order valence-electron chi connectivity index (χ0n) is 17.3. The second-order valence-electron chi connectivity index (χ2n) is 7.33. The van der Waals surface area contributed by atoms with E-state index in [1.54, 1.807) is 0 Å². The molecule has 3 rings (SSSR count). The number of nitro groups is 2. The minimum Gasteiger partial charge on any atom is -0.486 e. The number of hydrogen-bond donors (Lipinski definition) is 0. The molecule has 0 saturated carbocycles. The van der Waals surface area contributed by atoms with Crippen molar-refractivity contribution in [3.63, 3.8) is 0 Å². The van der Waals surface area contributed by atoms with Gasteiger partial charge in [0, 0.05) is 40.9 Å². The fourth-order valence-corrected chi connectivity index (χ4v) is 3.53. The van der Waals surface area contributed by atoms with Crippen LogP contribution in [0.1, 0.15) is 42.1 Å². The molecular weight excluding hydrogens is 440 g/mol. The fraction of sp³-hybridized carbons (Fsp3) is 0.318. The molecule has 0 radical (unpaired) electrons. The first-order valence-electron chi connectivity index (χ1n) is 10.0. The van der Waals surface area contributed by atoms with E-state index < -0.39 is 15.6 Å². The van der Waals surface area contributed by atoms with Gasteiger partial charge in [-0.2, -0.15) is 0 Å². The van der Waals surface area contributed by atoms with Gasteiger partial charge in [0.1, 0.15) is 11.8 Å². The summed E-state index contributed by atoms with van der Waals surface area (Å²) < 4.78 is 11.0. The van der Waals surface area contributed by atoms with Gasteiger partial charge in [-0.05, 0) is 24.6 Å². The molecule has 0 bridgehead atoms. The molecule has 10 heteroatoms. The molecule has 0 saturated heterocycles. The maximum Gasteiger partial charge on any atom is 0.311 e. The third-order valence-corrected chi connectivity index (χ3v) is 5.53. The lowest BCUT2D eigenvalue weighted by Gasteiger charge is -2.15. The Bertz CT molecular complexity index is 1160. The Balaban J connectivity index is 1.89. The third kappa shape index (κ3) is 5.05. The van der Waals surface area contributed by atoms with Crippen LogP contribution in [-0.2, 0) is 0 Å². The van der Waals surface area contributed by atoms with E-state index in [9.17, 15) is 25.0 Å². The van der Waals surface area contributed by atoms with Crippen LogP contribution < -0.4 is 4.74 Å². The van der Waals surface area contributed by atoms with Crippen LogP contribution in [0.5, 0.6) is 5.75 Å². The van der Waals surface area contributed by atoms with Gasteiger partial charge in [-0.15, -0.1) is 11.6 Å². The number of benzene rings is 2. The van der Waals surface area contributed by atoms with Crippen LogP contribution in [0.4, 0.5) is 11.4 Å². The number of carbonyl (C=O) groups is 1. The van der Waals surface area contributed by atoms with Gasteiger partial charge >= 0.3 is 5.69 Å². The quantitative estimate of drug-likeness (QED) is 0.151. The highest BCUT2D eigenvalue weighted by Gasteiger charge is 2.23. The Kier molecular flexibility index (Phi) is 7.42. The van der Waals surface area contributed by atoms with E-state index >= 15 is 0 Å². The highest BCUT2D eigenvalue weighted by Crippen LogP contribution is 2.32. The molecule has 2 aromatic carbocycles. The lowest BCUT2D eigenvalue weighted by atomic mass is 10.0. The van der Waals surface area contributed by atoms with Crippen molar-refractivity contribution in [3.05, 3.63) is 74.0 Å². The number of halogens is 1. The molecule has 1 aromatic heterocycles. The summed E-state index contributed by atoms with van der Waals surface area (Å²) in [4.78, 5) is 34.5. The number of nitro benzene ring substituents is 2. The molecule has 1 atom stereocenters. The van der Waals surface area contributed by atoms with Crippen LogP contribution in [-0.4, -0.2) is 28.1 Å². The number of ketones is 1. The molecule has 1 heterocycles. The number of furan rings is 1. The normalized spacial score (nSPS) is 11.9. The van der Waals surface area contributed by atoms with E-state index in [0.717, 1.165) is 25.3 Å². The van der Waals surface area contributed by atoms with Gasteiger partial charge in [-0.25, -0.2) is 0 Å². The summed E-state index contributed by atoms with van der Waals surface area (Å²) in [5.74, 6) is -0.0682. The molecular formula is C22H21ClN2O7. The molecule has 0 aliphatic rings. The number of fused-ring (bicyclic) bond motifs is 1. The van der Waals surface area contributed by atoms with Crippen LogP contribution in [0, 0.1) is 26.1 Å². The first-order valence-corrected chi connectivity index (χ1v) is 10.6. The first kappa shape index (κ1) is 23.2. The van der Waals surface area contributed by atoms with Gasteiger partial charge in [-0.1, -0.05) is 19.8 Å². The number of hydrogen-bond acceptors (Lipinski definition) is 7. The SMILES string of the molecule is CCCCC(CCl)COc1ccc(C(=O)c2coc3ccc([N+](=O)[O-])cc23)cc1[N+](=O)[O-]. The summed E-state index contributed by atoms with van der Waals surface area (Å²) in [6.07, 6.45) is 4.03. The van der Waals surface area contributed by atoms with Gasteiger partial charge in [0.15, 0.2) is 11.5 Å². The van der Waals surface area contributed by atoms with E-state index in [4.69, 9.17) is 20.8 Å². The van der Waals surface area contributed by atoms with Crippen molar-refractivity contribution in [2.45, 2.75) is 26.2 Å². The summed E-state index contributed by atoms with van der Waals surface area (Å²) in [6.45, 7) is 2.29. The number of ether oxygens (including phenoxy) is 1. The second-order valence-corrected chi connectivity index (χ2v) is 7.64. The summed E-state index contributed by atoms with van der Waals surface area (Å²) in [5, 5.41) is 22.9. The Morgan fingerprint density at radius 3 is 2.59 bits per heavy atom. The van der Waals surface area contributed by atoms with E-state index in [2.05, 4.69) is 6.92 Å². The Morgan fingerprint density at radius 1 is 1.16 bits per heavy atom. The molecule has 0 aliphatic heterocycles. The van der Waals surface area contributed by atoms with Crippen molar-refractivity contribution in [2.75, 3.05) is 12.5 Å². The molecule has 168 valence electrons. The summed E-state index contributed by atoms with van der Waals surface area (Å²) in [6, 6.07) is 7.83. The van der Waals surface area contributed by atoms with Crippen LogP contribution in [0.25, 0.3) is 11.0 Å². The number of non-ortho nitro benzene ring substituents is 1. The molecule has 0 aliphatic carbocycles. The summed E-state index contributed by atoms with van der Waals surface area (Å²) >= 11 is 5.96. The molecule has 0 fully saturated rings. The largest absolute Gasteiger partial charge is 0.486 e. The van der Waals surface area contributed by atoms with Crippen LogP contribution >= 0.6 is 11.6 Å². The summed E-state index contributed by atoms with van der Waals surface area (Å²) in [5.41, 5.74) is -0.128. The van der Waals surface area contributed by atoms with Crippen molar-refractivity contribution in [1.82, 2.24) is 0 Å². The van der Waals surface area contributed by atoms with Crippen molar-refractivity contribution in [1.29, 1.82) is 0 Å². The third-order valence-electron chi connectivity index (χ3n) is 5.09. The molecule has 0 N–H and O–H groups in total. The minimum absolute atomic E-state index is 0.0399. The predicted octanol–water partition coefficient (Wildman–Crippen LogP) is 5.90. The van der Waals surface area contributed by atoms with E-state index in [-0.39, 0.29) is 46.2 Å². The van der Waals surface area contributed by atoms with Gasteiger partial charge in [-0.3, -0.25) is 25.0 Å². The lowest BCUT2D eigenvalue weighted by Crippen LogP contribution is -2.14. The average Bonchev–Trinajstić information content (AvgIpc) is 3.21. The zero-order chi connectivity index (χ0) is 23.3. The maximum atomic E-state index is 13.0. The molecule has 32 heavy (non-hydrogen) atoms. The number of rotatable bonds is 11. The topological polar surface area (TPSA) is 126 Å². The second kappa shape index (κ2) is 10.2. The molecule has 0 spiro atoms. The van der Waals surface area contributed by atoms with Gasteiger partial charge < -0.3 is 9.15 Å². The van der Waals surface area contributed by atoms with Crippen molar-refractivity contribution in [3.8, 4) is 5.75 Å². The van der Waals surface area contributed by atoms with Gasteiger partial charge in [0.25, 0.3) is 5.69 Å². The minimum atomic E-state index is -0.619. The fourth-order valence-electron chi connectivity index (χ4n) is 3.29. The van der Waals surface area contributed by atoms with Gasteiger partial charge in [0.2, 0.25) is 0 Å². The standard InChI is InChI=1S/C22H21ClN2O7/c1-2-3-4-14(11-23)12-31-21-7-5-15(9-19(21)25(29)30)22(26)18-13-32-20-8-6-16(24(27)28)10-17(18)20/h5-10,13-14H,2-4,11-12H2,1H3. The van der Waals surface area contributed by atoms with E-state index in [1.807, 2.05) is 0 Å². The number of carbonyl (C=O) groups excluding carboxylic acids is 1. The van der Waals surface area contributed by atoms with Crippen LogP contribution in [0.15, 0.2) is 47.1 Å². The monoisotopic (exact) mass is 460 g/mol. The molecule has 1 unspecified atom stereocenters. The van der Waals surface area contributed by atoms with Gasteiger partial charge in [0.05, 0.1) is 22.0 Å². The zero-order valence-corrected chi connectivity index (χ0v) is 18.0. The Labute approximate surface area is 188 Å². The van der Waals surface area contributed by atoms with Crippen LogP contribution in [0.2, 0.25) is 0 Å². The van der Waals surface area contributed by atoms with Crippen molar-refractivity contribution in [2.24, 2.45) is 5.92 Å². The first-order chi connectivity index (χ1) is 15.3. The predicted molar refractivity (Wildman–Crippen MR) is 119 cm³/mol. The highest BCUT2D eigenvalue weighted by atomic mass is 35.5. The van der Waals surface area contributed by atoms with Crippen molar-refractivity contribution >= 4 is 39.7 Å². The number of alkyl halides is 1. The highest BCUT2D eigenvalue weighted by molar-refractivity contribution is 6.18. The van der Waals surface area contributed by atoms with Crippen LogP contribution in [0.3, 0.4) is 0 Å². The lowest BCUT2D eigenvalue weighted by molar-refractivity contribution is -0.385. The van der Waals surface area contributed by atoms with E-state index in [1.165, 1.54) is 36.6 Å². The number of nitrogens with zero attached hydrogens (tertiary/aromatic N) is 2. The van der Waals surface area contributed by atoms with E-state index in [0.29, 0.717) is 11.5 Å². The van der Waals surface area contributed by atoms with Crippen molar-refractivity contribution < 1.29 is 23.8 Å². The molecule has 3 aromatic rings. The summed E-state index contributed by atoms with van der Waals surface area (Å²) in [7, 11) is 0. The molecule has 9 nitrogen and oxygen atoms in total. The number of unbranched alkanes of at least 4 members (excludes halogenated alkanes) is 1. The smallest absolute Gasteiger partial charge is 0.311 e. The maximum absolute atomic E-state index is 13.0. The average molecular weight is 461 g/mol. The Morgan fingerprint density at radius 2 is 1.94 bits per heavy atom. The molecule has 0 amide bonds. The Hall–Kier alpha value is -3.46.